The number of carbonyl (C=O) groups excluding carboxylic acids is 3. The van der Waals surface area contributed by atoms with Gasteiger partial charge in [0.2, 0.25) is 5.91 Å². The molecule has 0 atom stereocenters. The van der Waals surface area contributed by atoms with Gasteiger partial charge >= 0.3 is 0 Å². The maximum Gasteiger partial charge on any atom is 0.296 e. The molecular formula is C11H8N2O3. The van der Waals surface area contributed by atoms with Crippen molar-refractivity contribution in [3.63, 3.8) is 0 Å². The molecule has 0 spiro atoms. The first kappa shape index (κ1) is 10.1. The Kier molecular flexibility index (Phi) is 2.28. The average Bonchev–Trinajstić information content (AvgIpc) is 2.52. The number of primary amides is 1. The predicted octanol–water partition coefficient (Wildman–Crippen LogP) is 0.320. The number of hydrogen-bond donors (Lipinski definition) is 2. The van der Waals surface area contributed by atoms with Crippen molar-refractivity contribution >= 4 is 29.4 Å². The number of fused-ring (bicyclic) bond motifs is 1. The van der Waals surface area contributed by atoms with Crippen LogP contribution in [-0.4, -0.2) is 17.6 Å². The molecular weight excluding hydrogens is 208 g/mol. The van der Waals surface area contributed by atoms with Gasteiger partial charge in [0.05, 0.1) is 11.3 Å². The quantitative estimate of drug-likeness (QED) is 0.551. The summed E-state index contributed by atoms with van der Waals surface area (Å²) in [6.45, 7) is 0. The first-order chi connectivity index (χ1) is 7.58. The smallest absolute Gasteiger partial charge is 0.296 e. The topological polar surface area (TPSA) is 89.3 Å². The van der Waals surface area contributed by atoms with Crippen molar-refractivity contribution in [2.24, 2.45) is 5.73 Å². The molecule has 3 N–H and O–H groups in total. The molecule has 0 aliphatic carbocycles. The van der Waals surface area contributed by atoms with Gasteiger partial charge in [-0.25, -0.2) is 0 Å². The van der Waals surface area contributed by atoms with Crippen LogP contribution in [0, 0.1) is 0 Å². The molecule has 0 radical (unpaired) electrons. The fourth-order valence-corrected chi connectivity index (χ4v) is 1.44. The highest BCUT2D eigenvalue weighted by Crippen LogP contribution is 2.24. The molecule has 1 heterocycles. The van der Waals surface area contributed by atoms with E-state index in [9.17, 15) is 14.4 Å². The minimum atomic E-state index is -0.633. The molecule has 0 aromatic heterocycles. The van der Waals surface area contributed by atoms with Crippen LogP contribution in [0.2, 0.25) is 0 Å². The van der Waals surface area contributed by atoms with Gasteiger partial charge in [-0.05, 0) is 23.8 Å². The third-order valence-corrected chi connectivity index (χ3v) is 2.18. The monoisotopic (exact) mass is 216 g/mol. The van der Waals surface area contributed by atoms with Crippen LogP contribution in [0.5, 0.6) is 0 Å². The SMILES string of the molecule is NC(=O)C=Cc1ccc2c(c1)C(=O)C(=O)N2. The van der Waals surface area contributed by atoms with Crippen LogP contribution < -0.4 is 11.1 Å². The van der Waals surface area contributed by atoms with Gasteiger partial charge in [0.25, 0.3) is 11.7 Å². The molecule has 1 aromatic rings. The van der Waals surface area contributed by atoms with Crippen LogP contribution in [0.25, 0.3) is 6.08 Å². The number of carbonyl (C=O) groups is 3. The van der Waals surface area contributed by atoms with Crippen LogP contribution >= 0.6 is 0 Å². The standard InChI is InChI=1S/C11H8N2O3/c12-9(14)4-2-6-1-3-8-7(5-6)10(15)11(16)13-8/h1-5H,(H2,12,14)(H,13,15,16). The lowest BCUT2D eigenvalue weighted by molar-refractivity contribution is -0.113. The van der Waals surface area contributed by atoms with Crippen molar-refractivity contribution < 1.29 is 14.4 Å². The van der Waals surface area contributed by atoms with Gasteiger partial charge in [-0.2, -0.15) is 0 Å². The predicted molar refractivity (Wildman–Crippen MR) is 57.6 cm³/mol. The second-order valence-corrected chi connectivity index (χ2v) is 3.32. The van der Waals surface area contributed by atoms with Crippen molar-refractivity contribution in [3.05, 3.63) is 35.4 Å². The van der Waals surface area contributed by atoms with E-state index in [1.165, 1.54) is 18.2 Å². The molecule has 1 aliphatic heterocycles. The number of nitrogens with two attached hydrogens (primary N) is 1. The lowest BCUT2D eigenvalue weighted by atomic mass is 10.1. The van der Waals surface area contributed by atoms with E-state index in [1.807, 2.05) is 0 Å². The summed E-state index contributed by atoms with van der Waals surface area (Å²) >= 11 is 0. The molecule has 2 amide bonds. The highest BCUT2D eigenvalue weighted by Gasteiger charge is 2.27. The lowest BCUT2D eigenvalue weighted by Gasteiger charge is -1.97. The summed E-state index contributed by atoms with van der Waals surface area (Å²) in [5.74, 6) is -1.77. The third kappa shape index (κ3) is 1.70. The van der Waals surface area contributed by atoms with Crippen LogP contribution in [0.1, 0.15) is 15.9 Å². The van der Waals surface area contributed by atoms with Gasteiger partial charge < -0.3 is 11.1 Å². The highest BCUT2D eigenvalue weighted by atomic mass is 16.2. The van der Waals surface area contributed by atoms with Crippen molar-refractivity contribution in [1.82, 2.24) is 0 Å². The minimum absolute atomic E-state index is 0.316. The summed E-state index contributed by atoms with van der Waals surface area (Å²) in [5.41, 5.74) is 6.39. The number of ketones is 1. The van der Waals surface area contributed by atoms with Crippen molar-refractivity contribution in [2.75, 3.05) is 5.32 Å². The molecule has 2 rings (SSSR count). The van der Waals surface area contributed by atoms with Crippen molar-refractivity contribution in [3.8, 4) is 0 Å². The summed E-state index contributed by atoms with van der Waals surface area (Å²) < 4.78 is 0. The number of rotatable bonds is 2. The molecule has 0 bridgehead atoms. The Morgan fingerprint density at radius 1 is 1.31 bits per heavy atom. The van der Waals surface area contributed by atoms with E-state index >= 15 is 0 Å². The van der Waals surface area contributed by atoms with Crippen LogP contribution in [0.4, 0.5) is 5.69 Å². The normalized spacial score (nSPS) is 14.0. The van der Waals surface area contributed by atoms with E-state index in [2.05, 4.69) is 5.32 Å². The Balaban J connectivity index is 2.38. The summed E-state index contributed by atoms with van der Waals surface area (Å²) in [7, 11) is 0. The molecule has 0 saturated heterocycles. The summed E-state index contributed by atoms with van der Waals surface area (Å²) in [4.78, 5) is 32.9. The first-order valence-corrected chi connectivity index (χ1v) is 4.55. The largest absolute Gasteiger partial charge is 0.366 e. The van der Waals surface area contributed by atoms with Gasteiger partial charge in [0, 0.05) is 6.08 Å². The fourth-order valence-electron chi connectivity index (χ4n) is 1.44. The van der Waals surface area contributed by atoms with Crippen molar-refractivity contribution in [1.29, 1.82) is 0 Å². The zero-order valence-electron chi connectivity index (χ0n) is 8.19. The summed E-state index contributed by atoms with van der Waals surface area (Å²) in [6, 6.07) is 4.82. The van der Waals surface area contributed by atoms with Gasteiger partial charge in [-0.1, -0.05) is 6.07 Å². The number of nitrogens with one attached hydrogen (secondary N) is 1. The van der Waals surface area contributed by atoms with E-state index in [0.29, 0.717) is 16.8 Å². The summed E-state index contributed by atoms with van der Waals surface area (Å²) in [5, 5.41) is 2.44. The zero-order valence-corrected chi connectivity index (χ0v) is 8.19. The molecule has 5 nitrogen and oxygen atoms in total. The van der Waals surface area contributed by atoms with E-state index in [4.69, 9.17) is 5.73 Å². The number of hydrogen-bond acceptors (Lipinski definition) is 3. The lowest BCUT2D eigenvalue weighted by Crippen LogP contribution is -2.12. The zero-order chi connectivity index (χ0) is 11.7. The van der Waals surface area contributed by atoms with E-state index in [0.717, 1.165) is 0 Å². The second-order valence-electron chi connectivity index (χ2n) is 3.32. The highest BCUT2D eigenvalue weighted by molar-refractivity contribution is 6.51. The van der Waals surface area contributed by atoms with Gasteiger partial charge in [0.15, 0.2) is 0 Å². The van der Waals surface area contributed by atoms with Crippen LogP contribution in [0.15, 0.2) is 24.3 Å². The second kappa shape index (κ2) is 3.62. The van der Waals surface area contributed by atoms with Crippen molar-refractivity contribution in [2.45, 2.75) is 0 Å². The Morgan fingerprint density at radius 2 is 2.06 bits per heavy atom. The molecule has 0 unspecified atom stereocenters. The van der Waals surface area contributed by atoms with Gasteiger partial charge in [-0.15, -0.1) is 0 Å². The van der Waals surface area contributed by atoms with E-state index in [1.54, 1.807) is 12.1 Å². The van der Waals surface area contributed by atoms with E-state index < -0.39 is 17.6 Å². The minimum Gasteiger partial charge on any atom is -0.366 e. The molecule has 80 valence electrons. The Morgan fingerprint density at radius 3 is 2.75 bits per heavy atom. The van der Waals surface area contributed by atoms with E-state index in [-0.39, 0.29) is 0 Å². The molecule has 1 aliphatic rings. The van der Waals surface area contributed by atoms with Crippen LogP contribution in [-0.2, 0) is 9.59 Å². The third-order valence-electron chi connectivity index (χ3n) is 2.18. The Labute approximate surface area is 90.9 Å². The van der Waals surface area contributed by atoms with Gasteiger partial charge in [-0.3, -0.25) is 14.4 Å². The number of Topliss-reactive ketones (excluding diaryl/α,β-unsaturated/α-hetero) is 1. The van der Waals surface area contributed by atoms with Gasteiger partial charge in [0.1, 0.15) is 0 Å². The maximum atomic E-state index is 11.4. The summed E-state index contributed by atoms with van der Waals surface area (Å²) in [6.07, 6.45) is 2.68. The molecule has 1 aromatic carbocycles. The first-order valence-electron chi connectivity index (χ1n) is 4.55. The molecule has 5 heteroatoms. The fraction of sp³-hybridized carbons (Fsp3) is 0. The average molecular weight is 216 g/mol. The number of anilines is 1. The Bertz CT molecular complexity index is 532. The maximum absolute atomic E-state index is 11.4. The molecule has 0 fully saturated rings. The Hall–Kier alpha value is -2.43. The number of amides is 2. The molecule has 0 saturated carbocycles. The van der Waals surface area contributed by atoms with Crippen LogP contribution in [0.3, 0.4) is 0 Å². The number of benzene rings is 1. The molecule has 16 heavy (non-hydrogen) atoms.